The molecular weight excluding hydrogens is 214 g/mol. The highest BCUT2D eigenvalue weighted by molar-refractivity contribution is 5.98. The monoisotopic (exact) mass is 227 g/mol. The predicted molar refractivity (Wildman–Crippen MR) is 67.9 cm³/mol. The van der Waals surface area contributed by atoms with E-state index >= 15 is 0 Å². The van der Waals surface area contributed by atoms with Crippen LogP contribution < -0.4 is 10.6 Å². The van der Waals surface area contributed by atoms with Crippen LogP contribution in [0.25, 0.3) is 0 Å². The molecule has 1 aromatic carbocycles. The maximum Gasteiger partial charge on any atom is 0.158 e. The van der Waals surface area contributed by atoms with Crippen LogP contribution in [-0.4, -0.2) is 10.7 Å². The molecule has 0 saturated heterocycles. The molecule has 2 N–H and O–H groups in total. The molecule has 0 aliphatic carbocycles. The van der Waals surface area contributed by atoms with E-state index in [-0.39, 0.29) is 0 Å². The Morgan fingerprint density at radius 3 is 2.41 bits per heavy atom. The first kappa shape index (κ1) is 11.1. The van der Waals surface area contributed by atoms with Crippen molar-refractivity contribution in [2.45, 2.75) is 6.92 Å². The van der Waals surface area contributed by atoms with Gasteiger partial charge < -0.3 is 10.6 Å². The topological polar surface area (TPSA) is 60.5 Å². The summed E-state index contributed by atoms with van der Waals surface area (Å²) in [7, 11) is 0. The molecule has 0 atom stereocenters. The van der Waals surface area contributed by atoms with Gasteiger partial charge in [-0.15, -0.1) is 0 Å². The van der Waals surface area contributed by atoms with Gasteiger partial charge in [-0.25, -0.2) is 0 Å². The van der Waals surface area contributed by atoms with E-state index in [1.807, 2.05) is 19.1 Å². The molecule has 0 bridgehead atoms. The standard InChI is InChI=1S/C13H13N3O/c1-10(11-6-8-15-9-7-11)16-17-13-4-2-12(14)3-5-13/h2-9H,14H2,1H3/b16-10+. The molecule has 17 heavy (non-hydrogen) atoms. The number of hydrogen-bond acceptors (Lipinski definition) is 4. The summed E-state index contributed by atoms with van der Waals surface area (Å²) in [6.07, 6.45) is 3.44. The number of oxime groups is 1. The van der Waals surface area contributed by atoms with Crippen LogP contribution >= 0.6 is 0 Å². The lowest BCUT2D eigenvalue weighted by Crippen LogP contribution is -1.97. The molecule has 2 rings (SSSR count). The lowest BCUT2D eigenvalue weighted by atomic mass is 10.2. The van der Waals surface area contributed by atoms with Crippen LogP contribution in [0, 0.1) is 0 Å². The van der Waals surface area contributed by atoms with Crippen molar-refractivity contribution < 1.29 is 4.84 Å². The highest BCUT2D eigenvalue weighted by Crippen LogP contribution is 2.13. The summed E-state index contributed by atoms with van der Waals surface area (Å²) in [5.74, 6) is 0.660. The first-order valence-corrected chi connectivity index (χ1v) is 5.23. The highest BCUT2D eigenvalue weighted by Gasteiger charge is 1.97. The molecule has 0 saturated carbocycles. The van der Waals surface area contributed by atoms with Crippen LogP contribution in [0.1, 0.15) is 12.5 Å². The van der Waals surface area contributed by atoms with E-state index in [1.165, 1.54) is 0 Å². The molecule has 2 aromatic rings. The summed E-state index contributed by atoms with van der Waals surface area (Å²) in [4.78, 5) is 9.24. The minimum absolute atomic E-state index is 0.660. The Bertz CT molecular complexity index is 506. The van der Waals surface area contributed by atoms with Crippen molar-refractivity contribution in [3.63, 3.8) is 0 Å². The van der Waals surface area contributed by atoms with E-state index in [2.05, 4.69) is 10.1 Å². The zero-order valence-electron chi connectivity index (χ0n) is 9.50. The second kappa shape index (κ2) is 5.12. The normalized spacial score (nSPS) is 11.2. The zero-order valence-corrected chi connectivity index (χ0v) is 9.50. The number of rotatable bonds is 3. The number of aromatic nitrogens is 1. The minimum Gasteiger partial charge on any atom is -0.399 e. The maximum absolute atomic E-state index is 5.58. The number of pyridine rings is 1. The summed E-state index contributed by atoms with van der Waals surface area (Å²) in [5.41, 5.74) is 8.05. The molecule has 0 amide bonds. The number of anilines is 1. The SMILES string of the molecule is C/C(=N\Oc1ccc(N)cc1)c1ccncc1. The lowest BCUT2D eigenvalue weighted by molar-refractivity contribution is 0.341. The molecule has 1 aromatic heterocycles. The van der Waals surface area contributed by atoms with Gasteiger partial charge in [-0.05, 0) is 43.3 Å². The summed E-state index contributed by atoms with van der Waals surface area (Å²) in [6.45, 7) is 1.88. The van der Waals surface area contributed by atoms with Gasteiger partial charge in [0.05, 0.1) is 5.71 Å². The highest BCUT2D eigenvalue weighted by atomic mass is 16.6. The van der Waals surface area contributed by atoms with Crippen LogP contribution in [0.5, 0.6) is 5.75 Å². The fraction of sp³-hybridized carbons (Fsp3) is 0.0769. The average molecular weight is 227 g/mol. The Morgan fingerprint density at radius 2 is 1.76 bits per heavy atom. The maximum atomic E-state index is 5.58. The van der Waals surface area contributed by atoms with Gasteiger partial charge in [0, 0.05) is 23.6 Å². The van der Waals surface area contributed by atoms with Crippen molar-refractivity contribution in [3.8, 4) is 5.75 Å². The summed E-state index contributed by atoms with van der Waals surface area (Å²) in [5, 5.41) is 4.04. The van der Waals surface area contributed by atoms with Gasteiger partial charge in [0.25, 0.3) is 0 Å². The third-order valence-electron chi connectivity index (χ3n) is 2.27. The minimum atomic E-state index is 0.660. The first-order chi connectivity index (χ1) is 8.25. The molecule has 1 heterocycles. The first-order valence-electron chi connectivity index (χ1n) is 5.23. The van der Waals surface area contributed by atoms with Gasteiger partial charge in [0.15, 0.2) is 5.75 Å². The number of nitrogen functional groups attached to an aromatic ring is 1. The third-order valence-corrected chi connectivity index (χ3v) is 2.27. The van der Waals surface area contributed by atoms with E-state index in [1.54, 1.807) is 36.7 Å². The van der Waals surface area contributed by atoms with E-state index in [4.69, 9.17) is 10.6 Å². The average Bonchev–Trinajstić information content (AvgIpc) is 2.39. The Labute approximate surface area is 99.7 Å². The van der Waals surface area contributed by atoms with Crippen molar-refractivity contribution in [1.82, 2.24) is 4.98 Å². The Hall–Kier alpha value is -2.36. The largest absolute Gasteiger partial charge is 0.399 e. The third kappa shape index (κ3) is 3.04. The zero-order chi connectivity index (χ0) is 12.1. The number of nitrogens with two attached hydrogens (primary N) is 1. The predicted octanol–water partition coefficient (Wildman–Crippen LogP) is 2.47. The molecule has 4 heteroatoms. The summed E-state index contributed by atoms with van der Waals surface area (Å²) < 4.78 is 0. The van der Waals surface area contributed by atoms with Crippen LogP contribution in [0.4, 0.5) is 5.69 Å². The number of benzene rings is 1. The Morgan fingerprint density at radius 1 is 1.12 bits per heavy atom. The molecule has 86 valence electrons. The second-order valence-corrected chi connectivity index (χ2v) is 3.57. The molecule has 0 unspecified atom stereocenters. The van der Waals surface area contributed by atoms with E-state index in [0.717, 1.165) is 11.3 Å². The van der Waals surface area contributed by atoms with Gasteiger partial charge in [-0.2, -0.15) is 0 Å². The van der Waals surface area contributed by atoms with Gasteiger partial charge in [-0.1, -0.05) is 5.16 Å². The van der Waals surface area contributed by atoms with Crippen LogP contribution in [0.3, 0.4) is 0 Å². The fourth-order valence-corrected chi connectivity index (χ4v) is 1.30. The van der Waals surface area contributed by atoms with E-state index in [9.17, 15) is 0 Å². The van der Waals surface area contributed by atoms with Gasteiger partial charge in [-0.3, -0.25) is 4.98 Å². The van der Waals surface area contributed by atoms with Gasteiger partial charge in [0.2, 0.25) is 0 Å². The molecular formula is C13H13N3O. The van der Waals surface area contributed by atoms with E-state index < -0.39 is 0 Å². The quantitative estimate of drug-likeness (QED) is 0.497. The van der Waals surface area contributed by atoms with Gasteiger partial charge >= 0.3 is 0 Å². The molecule has 4 nitrogen and oxygen atoms in total. The molecule has 0 fully saturated rings. The molecule has 0 spiro atoms. The number of nitrogens with zero attached hydrogens (tertiary/aromatic N) is 2. The smallest absolute Gasteiger partial charge is 0.158 e. The van der Waals surface area contributed by atoms with Crippen LogP contribution in [-0.2, 0) is 0 Å². The van der Waals surface area contributed by atoms with Crippen LogP contribution in [0.15, 0.2) is 53.9 Å². The van der Waals surface area contributed by atoms with Crippen molar-refractivity contribution in [3.05, 3.63) is 54.4 Å². The molecule has 0 radical (unpaired) electrons. The Balaban J connectivity index is 2.08. The molecule has 0 aliphatic heterocycles. The second-order valence-electron chi connectivity index (χ2n) is 3.57. The number of hydrogen-bond donors (Lipinski definition) is 1. The lowest BCUT2D eigenvalue weighted by Gasteiger charge is -2.01. The fourth-order valence-electron chi connectivity index (χ4n) is 1.30. The molecule has 0 aliphatic rings. The van der Waals surface area contributed by atoms with Crippen molar-refractivity contribution in [1.29, 1.82) is 0 Å². The van der Waals surface area contributed by atoms with E-state index in [0.29, 0.717) is 11.4 Å². The van der Waals surface area contributed by atoms with Crippen molar-refractivity contribution >= 4 is 11.4 Å². The Kier molecular flexibility index (Phi) is 3.35. The van der Waals surface area contributed by atoms with Gasteiger partial charge in [0.1, 0.15) is 0 Å². The van der Waals surface area contributed by atoms with Crippen molar-refractivity contribution in [2.75, 3.05) is 5.73 Å². The van der Waals surface area contributed by atoms with Crippen molar-refractivity contribution in [2.24, 2.45) is 5.16 Å². The summed E-state index contributed by atoms with van der Waals surface area (Å²) in [6, 6.07) is 10.9. The summed E-state index contributed by atoms with van der Waals surface area (Å²) >= 11 is 0. The van der Waals surface area contributed by atoms with Crippen LogP contribution in [0.2, 0.25) is 0 Å².